The van der Waals surface area contributed by atoms with Crippen LogP contribution >= 0.6 is 15.9 Å². The molecule has 0 saturated heterocycles. The molecule has 0 radical (unpaired) electrons. The maximum absolute atomic E-state index is 11.9. The van der Waals surface area contributed by atoms with Crippen molar-refractivity contribution < 1.29 is 4.79 Å². The molecular formula is C14H14BrN3O. The van der Waals surface area contributed by atoms with Crippen LogP contribution in [-0.4, -0.2) is 6.03 Å². The van der Waals surface area contributed by atoms with Gasteiger partial charge in [0.15, 0.2) is 0 Å². The van der Waals surface area contributed by atoms with Crippen LogP contribution in [0.4, 0.5) is 21.9 Å². The normalized spacial score (nSPS) is 10.0. The fourth-order valence-corrected chi connectivity index (χ4v) is 1.98. The zero-order valence-corrected chi connectivity index (χ0v) is 12.0. The number of amides is 2. The molecule has 0 atom stereocenters. The second kappa shape index (κ2) is 5.75. The molecular weight excluding hydrogens is 306 g/mol. The first-order chi connectivity index (χ1) is 9.04. The molecule has 0 aromatic heterocycles. The Morgan fingerprint density at radius 1 is 1.16 bits per heavy atom. The highest BCUT2D eigenvalue weighted by Gasteiger charge is 2.06. The van der Waals surface area contributed by atoms with Crippen LogP contribution in [0, 0.1) is 6.92 Å². The molecule has 5 heteroatoms. The number of nitrogens with one attached hydrogen (secondary N) is 2. The molecule has 0 saturated carbocycles. The zero-order valence-electron chi connectivity index (χ0n) is 10.4. The number of anilines is 3. The van der Waals surface area contributed by atoms with E-state index in [-0.39, 0.29) is 6.03 Å². The topological polar surface area (TPSA) is 67.2 Å². The smallest absolute Gasteiger partial charge is 0.323 e. The van der Waals surface area contributed by atoms with Gasteiger partial charge in [-0.2, -0.15) is 0 Å². The Balaban J connectivity index is 2.07. The van der Waals surface area contributed by atoms with Crippen LogP contribution in [0.15, 0.2) is 46.9 Å². The Labute approximate surface area is 120 Å². The molecule has 0 aliphatic carbocycles. The van der Waals surface area contributed by atoms with Gasteiger partial charge in [0.25, 0.3) is 0 Å². The number of hydrogen-bond donors (Lipinski definition) is 3. The number of carbonyl (C=O) groups excluding carboxylic acids is 1. The van der Waals surface area contributed by atoms with E-state index in [9.17, 15) is 4.79 Å². The number of aryl methyl sites for hydroxylation is 1. The van der Waals surface area contributed by atoms with Crippen molar-refractivity contribution in [3.63, 3.8) is 0 Å². The van der Waals surface area contributed by atoms with Crippen molar-refractivity contribution in [3.05, 3.63) is 52.5 Å². The number of hydrogen-bond acceptors (Lipinski definition) is 2. The van der Waals surface area contributed by atoms with Gasteiger partial charge >= 0.3 is 6.03 Å². The first kappa shape index (κ1) is 13.4. The predicted octanol–water partition coefficient (Wildman–Crippen LogP) is 3.98. The zero-order chi connectivity index (χ0) is 13.8. The number of nitrogens with two attached hydrogens (primary N) is 1. The van der Waals surface area contributed by atoms with Gasteiger partial charge in [0, 0.05) is 15.8 Å². The summed E-state index contributed by atoms with van der Waals surface area (Å²) in [7, 11) is 0. The third-order valence-corrected chi connectivity index (χ3v) is 3.21. The first-order valence-corrected chi connectivity index (χ1v) is 6.53. The molecule has 2 amide bonds. The van der Waals surface area contributed by atoms with Crippen LogP contribution in [0.25, 0.3) is 0 Å². The Morgan fingerprint density at radius 3 is 2.68 bits per heavy atom. The van der Waals surface area contributed by atoms with Gasteiger partial charge in [-0.05, 0) is 58.7 Å². The lowest BCUT2D eigenvalue weighted by molar-refractivity contribution is 0.262. The monoisotopic (exact) mass is 319 g/mol. The van der Waals surface area contributed by atoms with Crippen molar-refractivity contribution in [3.8, 4) is 0 Å². The molecule has 4 nitrogen and oxygen atoms in total. The van der Waals surface area contributed by atoms with Gasteiger partial charge in [0.05, 0.1) is 5.69 Å². The summed E-state index contributed by atoms with van der Waals surface area (Å²) in [6, 6.07) is 12.5. The van der Waals surface area contributed by atoms with E-state index in [1.165, 1.54) is 0 Å². The van der Waals surface area contributed by atoms with Crippen LogP contribution in [-0.2, 0) is 0 Å². The highest BCUT2D eigenvalue weighted by atomic mass is 79.9. The van der Waals surface area contributed by atoms with Crippen molar-refractivity contribution in [1.29, 1.82) is 0 Å². The molecule has 0 spiro atoms. The number of nitrogen functional groups attached to an aromatic ring is 1. The maximum atomic E-state index is 11.9. The van der Waals surface area contributed by atoms with E-state index in [0.29, 0.717) is 11.4 Å². The van der Waals surface area contributed by atoms with Crippen molar-refractivity contribution in [2.45, 2.75) is 6.92 Å². The van der Waals surface area contributed by atoms with Gasteiger partial charge in [-0.3, -0.25) is 0 Å². The lowest BCUT2D eigenvalue weighted by Gasteiger charge is -2.10. The number of rotatable bonds is 2. The minimum absolute atomic E-state index is 0.308. The summed E-state index contributed by atoms with van der Waals surface area (Å²) in [5.41, 5.74) is 8.71. The average Bonchev–Trinajstić information content (AvgIpc) is 2.34. The summed E-state index contributed by atoms with van der Waals surface area (Å²) in [6.07, 6.45) is 0. The summed E-state index contributed by atoms with van der Waals surface area (Å²) in [5.74, 6) is 0. The minimum atomic E-state index is -0.308. The van der Waals surface area contributed by atoms with Crippen molar-refractivity contribution in [2.24, 2.45) is 0 Å². The average molecular weight is 320 g/mol. The molecule has 19 heavy (non-hydrogen) atoms. The maximum Gasteiger partial charge on any atom is 0.323 e. The molecule has 4 N–H and O–H groups in total. The largest absolute Gasteiger partial charge is 0.399 e. The Morgan fingerprint density at radius 2 is 1.95 bits per heavy atom. The van der Waals surface area contributed by atoms with E-state index in [4.69, 9.17) is 5.73 Å². The van der Waals surface area contributed by atoms with Crippen LogP contribution in [0.5, 0.6) is 0 Å². The molecule has 0 heterocycles. The summed E-state index contributed by atoms with van der Waals surface area (Å²) in [4.78, 5) is 11.9. The Bertz CT molecular complexity index is 613. The first-order valence-electron chi connectivity index (χ1n) is 5.74. The predicted molar refractivity (Wildman–Crippen MR) is 82.4 cm³/mol. The number of halogens is 1. The van der Waals surface area contributed by atoms with E-state index in [1.54, 1.807) is 24.3 Å². The third-order valence-electron chi connectivity index (χ3n) is 2.51. The van der Waals surface area contributed by atoms with Gasteiger partial charge in [0.2, 0.25) is 0 Å². The van der Waals surface area contributed by atoms with E-state index in [0.717, 1.165) is 15.7 Å². The summed E-state index contributed by atoms with van der Waals surface area (Å²) in [5, 5.41) is 5.51. The quantitative estimate of drug-likeness (QED) is 0.733. The molecule has 98 valence electrons. The number of carbonyl (C=O) groups is 1. The van der Waals surface area contributed by atoms with Gasteiger partial charge in [0.1, 0.15) is 0 Å². The fourth-order valence-electron chi connectivity index (χ4n) is 1.64. The number of urea groups is 1. The molecule has 2 rings (SSSR count). The Kier molecular flexibility index (Phi) is 4.06. The van der Waals surface area contributed by atoms with E-state index in [1.807, 2.05) is 25.1 Å². The molecule has 0 fully saturated rings. The Hall–Kier alpha value is -2.01. The van der Waals surface area contributed by atoms with Crippen molar-refractivity contribution in [2.75, 3.05) is 16.4 Å². The van der Waals surface area contributed by atoms with Crippen molar-refractivity contribution in [1.82, 2.24) is 0 Å². The molecule has 0 bridgehead atoms. The van der Waals surface area contributed by atoms with Crippen LogP contribution in [0.3, 0.4) is 0 Å². The lowest BCUT2D eigenvalue weighted by atomic mass is 10.2. The molecule has 0 unspecified atom stereocenters. The standard InChI is InChI=1S/C14H14BrN3O/c1-9-5-6-12(15)13(7-9)18-14(19)17-11-4-2-3-10(16)8-11/h2-8H,16H2,1H3,(H2,17,18,19). The van der Waals surface area contributed by atoms with Gasteiger partial charge in [-0.15, -0.1) is 0 Å². The SMILES string of the molecule is Cc1ccc(Br)c(NC(=O)Nc2cccc(N)c2)c1. The van der Waals surface area contributed by atoms with Crippen LogP contribution < -0.4 is 16.4 Å². The van der Waals surface area contributed by atoms with Gasteiger partial charge in [-0.25, -0.2) is 4.79 Å². The molecule has 2 aromatic rings. The number of benzene rings is 2. The van der Waals surface area contributed by atoms with E-state index < -0.39 is 0 Å². The van der Waals surface area contributed by atoms with Gasteiger partial charge < -0.3 is 16.4 Å². The van der Waals surface area contributed by atoms with Gasteiger partial charge in [-0.1, -0.05) is 12.1 Å². The molecule has 0 aliphatic rings. The second-order valence-electron chi connectivity index (χ2n) is 4.19. The summed E-state index contributed by atoms with van der Waals surface area (Å²) >= 11 is 3.39. The summed E-state index contributed by atoms with van der Waals surface area (Å²) < 4.78 is 0.834. The third kappa shape index (κ3) is 3.72. The molecule has 0 aliphatic heterocycles. The lowest BCUT2D eigenvalue weighted by Crippen LogP contribution is -2.19. The van der Waals surface area contributed by atoms with Crippen molar-refractivity contribution >= 4 is 39.0 Å². The molecule has 2 aromatic carbocycles. The second-order valence-corrected chi connectivity index (χ2v) is 5.04. The summed E-state index contributed by atoms with van der Waals surface area (Å²) in [6.45, 7) is 1.97. The highest BCUT2D eigenvalue weighted by molar-refractivity contribution is 9.10. The minimum Gasteiger partial charge on any atom is -0.399 e. The fraction of sp³-hybridized carbons (Fsp3) is 0.0714. The highest BCUT2D eigenvalue weighted by Crippen LogP contribution is 2.23. The van der Waals surface area contributed by atoms with E-state index >= 15 is 0 Å². The van der Waals surface area contributed by atoms with Crippen LogP contribution in [0.2, 0.25) is 0 Å². The van der Waals surface area contributed by atoms with Crippen LogP contribution in [0.1, 0.15) is 5.56 Å². The van der Waals surface area contributed by atoms with E-state index in [2.05, 4.69) is 26.6 Å².